The van der Waals surface area contributed by atoms with Crippen LogP contribution in [0.15, 0.2) is 42.5 Å². The molecule has 2 aromatic carbocycles. The Hall–Kier alpha value is -2.93. The van der Waals surface area contributed by atoms with Gasteiger partial charge in [0.15, 0.2) is 6.61 Å². The quantitative estimate of drug-likeness (QED) is 0.497. The number of hydrogen-bond donors (Lipinski definition) is 1. The molecule has 0 radical (unpaired) electrons. The van der Waals surface area contributed by atoms with Gasteiger partial charge in [0.1, 0.15) is 17.1 Å². The molecule has 118 valence electrons. The van der Waals surface area contributed by atoms with Crippen LogP contribution in [0, 0.1) is 10.1 Å². The third-order valence-corrected chi connectivity index (χ3v) is 3.13. The Balaban J connectivity index is 1.95. The summed E-state index contributed by atoms with van der Waals surface area (Å²) < 4.78 is 5.25. The highest BCUT2D eigenvalue weighted by atomic mass is 35.5. The van der Waals surface area contributed by atoms with Crippen LogP contribution >= 0.6 is 11.6 Å². The number of nitro groups is 1. The maximum atomic E-state index is 11.8. The van der Waals surface area contributed by atoms with Crippen LogP contribution in [0.4, 0.5) is 11.4 Å². The first-order chi connectivity index (χ1) is 11.0. The number of nitrogens with one attached hydrogen (secondary N) is 1. The summed E-state index contributed by atoms with van der Waals surface area (Å²) in [7, 11) is 0. The number of aldehydes is 1. The second-order valence-electron chi connectivity index (χ2n) is 4.45. The molecule has 0 aromatic heterocycles. The number of carbonyl (C=O) groups is 2. The Morgan fingerprint density at radius 3 is 2.57 bits per heavy atom. The molecule has 0 spiro atoms. The van der Waals surface area contributed by atoms with Crippen molar-refractivity contribution in [3.05, 3.63) is 63.2 Å². The largest absolute Gasteiger partial charge is 0.484 e. The lowest BCUT2D eigenvalue weighted by molar-refractivity contribution is -0.384. The number of nitro benzene ring substituents is 1. The molecule has 2 aromatic rings. The lowest BCUT2D eigenvalue weighted by Crippen LogP contribution is -2.20. The minimum atomic E-state index is -0.636. The highest BCUT2D eigenvalue weighted by Crippen LogP contribution is 2.27. The second-order valence-corrected chi connectivity index (χ2v) is 4.85. The zero-order chi connectivity index (χ0) is 16.8. The fourth-order valence-electron chi connectivity index (χ4n) is 1.72. The molecule has 0 heterocycles. The molecular formula is C15H11ClN2O5. The van der Waals surface area contributed by atoms with Crippen LogP contribution in [0.5, 0.6) is 5.75 Å². The van der Waals surface area contributed by atoms with E-state index in [0.717, 1.165) is 0 Å². The van der Waals surface area contributed by atoms with Crippen LogP contribution in [-0.2, 0) is 4.79 Å². The van der Waals surface area contributed by atoms with Crippen molar-refractivity contribution in [1.29, 1.82) is 0 Å². The van der Waals surface area contributed by atoms with E-state index in [4.69, 9.17) is 16.3 Å². The van der Waals surface area contributed by atoms with E-state index >= 15 is 0 Å². The fraction of sp³-hybridized carbons (Fsp3) is 0.0667. The van der Waals surface area contributed by atoms with Crippen LogP contribution in [0.3, 0.4) is 0 Å². The molecule has 7 nitrogen and oxygen atoms in total. The number of hydrogen-bond acceptors (Lipinski definition) is 5. The van der Waals surface area contributed by atoms with Gasteiger partial charge in [-0.25, -0.2) is 0 Å². The van der Waals surface area contributed by atoms with Crippen LogP contribution in [0.25, 0.3) is 0 Å². The first-order valence-corrected chi connectivity index (χ1v) is 6.79. The molecule has 0 unspecified atom stereocenters. The monoisotopic (exact) mass is 334 g/mol. The third kappa shape index (κ3) is 4.52. The van der Waals surface area contributed by atoms with Crippen molar-refractivity contribution in [2.45, 2.75) is 0 Å². The van der Waals surface area contributed by atoms with E-state index in [1.165, 1.54) is 18.2 Å². The number of benzene rings is 2. The zero-order valence-corrected chi connectivity index (χ0v) is 12.4. The molecule has 2 rings (SSSR count). The molecule has 1 N–H and O–H groups in total. The van der Waals surface area contributed by atoms with Crippen molar-refractivity contribution in [2.75, 3.05) is 11.9 Å². The summed E-state index contributed by atoms with van der Waals surface area (Å²) in [6.07, 6.45) is 0.698. The molecule has 0 bridgehead atoms. The minimum Gasteiger partial charge on any atom is -0.484 e. The molecular weight excluding hydrogens is 324 g/mol. The Morgan fingerprint density at radius 1 is 1.26 bits per heavy atom. The number of ether oxygens (including phenoxy) is 1. The second kappa shape index (κ2) is 7.37. The lowest BCUT2D eigenvalue weighted by atomic mass is 10.2. The summed E-state index contributed by atoms with van der Waals surface area (Å²) in [4.78, 5) is 32.4. The van der Waals surface area contributed by atoms with E-state index in [-0.39, 0.29) is 23.0 Å². The number of rotatable bonds is 6. The van der Waals surface area contributed by atoms with E-state index in [2.05, 4.69) is 5.32 Å². The first kappa shape index (κ1) is 16.4. The number of amides is 1. The predicted octanol–water partition coefficient (Wildman–Crippen LogP) is 3.08. The Kier molecular flexibility index (Phi) is 5.27. The SMILES string of the molecule is O=Cc1ccc(OCC(=O)Nc2ccc(Cl)c([N+](=O)[O-])c2)cc1. The molecule has 0 aliphatic heterocycles. The summed E-state index contributed by atoms with van der Waals surface area (Å²) in [6.45, 7) is -0.281. The zero-order valence-electron chi connectivity index (χ0n) is 11.7. The van der Waals surface area contributed by atoms with E-state index in [1.807, 2.05) is 0 Å². The van der Waals surface area contributed by atoms with E-state index in [9.17, 15) is 19.7 Å². The van der Waals surface area contributed by atoms with Crippen LogP contribution in [0.1, 0.15) is 10.4 Å². The normalized spacial score (nSPS) is 9.96. The molecule has 8 heteroatoms. The van der Waals surface area contributed by atoms with Gasteiger partial charge in [0.25, 0.3) is 11.6 Å². The number of carbonyl (C=O) groups excluding carboxylic acids is 2. The molecule has 0 aliphatic carbocycles. The average molecular weight is 335 g/mol. The molecule has 0 saturated carbocycles. The number of halogens is 1. The number of nitrogens with zero attached hydrogens (tertiary/aromatic N) is 1. The number of anilines is 1. The average Bonchev–Trinajstić information content (AvgIpc) is 2.55. The summed E-state index contributed by atoms with van der Waals surface area (Å²) in [5.74, 6) is -0.0612. The van der Waals surface area contributed by atoms with Gasteiger partial charge in [-0.2, -0.15) is 0 Å². The molecule has 0 atom stereocenters. The summed E-state index contributed by atoms with van der Waals surface area (Å²) in [6, 6.07) is 10.2. The van der Waals surface area contributed by atoms with Gasteiger partial charge in [-0.1, -0.05) is 11.6 Å². The minimum absolute atomic E-state index is 0.0143. The third-order valence-electron chi connectivity index (χ3n) is 2.81. The van der Waals surface area contributed by atoms with E-state index in [0.29, 0.717) is 17.6 Å². The lowest BCUT2D eigenvalue weighted by Gasteiger charge is -2.08. The van der Waals surface area contributed by atoms with Crippen molar-refractivity contribution in [3.63, 3.8) is 0 Å². The van der Waals surface area contributed by atoms with Gasteiger partial charge < -0.3 is 10.1 Å². The molecule has 0 fully saturated rings. The molecule has 0 saturated heterocycles. The van der Waals surface area contributed by atoms with Gasteiger partial charge in [0, 0.05) is 17.3 Å². The van der Waals surface area contributed by atoms with Crippen molar-refractivity contribution in [3.8, 4) is 5.75 Å². The van der Waals surface area contributed by atoms with Crippen LogP contribution in [-0.4, -0.2) is 23.7 Å². The molecule has 0 aliphatic rings. The standard InChI is InChI=1S/C15H11ClN2O5/c16-13-6-3-11(7-14(13)18(21)22)17-15(20)9-23-12-4-1-10(8-19)2-5-12/h1-8H,9H2,(H,17,20). The van der Waals surface area contributed by atoms with Gasteiger partial charge in [-0.15, -0.1) is 0 Å². The summed E-state index contributed by atoms with van der Waals surface area (Å²) in [5, 5.41) is 13.2. The van der Waals surface area contributed by atoms with Crippen molar-refractivity contribution in [2.24, 2.45) is 0 Å². The van der Waals surface area contributed by atoms with Crippen molar-refractivity contribution in [1.82, 2.24) is 0 Å². The summed E-state index contributed by atoms with van der Waals surface area (Å²) >= 11 is 5.69. The smallest absolute Gasteiger partial charge is 0.289 e. The maximum Gasteiger partial charge on any atom is 0.289 e. The highest BCUT2D eigenvalue weighted by molar-refractivity contribution is 6.32. The Morgan fingerprint density at radius 2 is 1.96 bits per heavy atom. The summed E-state index contributed by atoms with van der Waals surface area (Å²) in [5.41, 5.74) is 0.441. The van der Waals surface area contributed by atoms with Gasteiger partial charge in [-0.3, -0.25) is 19.7 Å². The molecule has 23 heavy (non-hydrogen) atoms. The predicted molar refractivity (Wildman–Crippen MR) is 84.1 cm³/mol. The van der Waals surface area contributed by atoms with Crippen molar-refractivity contribution < 1.29 is 19.2 Å². The fourth-order valence-corrected chi connectivity index (χ4v) is 1.91. The van der Waals surface area contributed by atoms with Crippen LogP contribution in [0.2, 0.25) is 5.02 Å². The van der Waals surface area contributed by atoms with Crippen molar-refractivity contribution >= 4 is 35.2 Å². The van der Waals surface area contributed by atoms with Gasteiger partial charge >= 0.3 is 0 Å². The van der Waals surface area contributed by atoms with Crippen LogP contribution < -0.4 is 10.1 Å². The molecule has 1 amide bonds. The Labute approximate surface area is 136 Å². The first-order valence-electron chi connectivity index (χ1n) is 6.41. The van der Waals surface area contributed by atoms with E-state index in [1.54, 1.807) is 24.3 Å². The topological polar surface area (TPSA) is 98.5 Å². The van der Waals surface area contributed by atoms with Gasteiger partial charge in [0.05, 0.1) is 4.92 Å². The van der Waals surface area contributed by atoms with Gasteiger partial charge in [0.2, 0.25) is 0 Å². The Bertz CT molecular complexity index is 746. The van der Waals surface area contributed by atoms with E-state index < -0.39 is 10.8 Å². The maximum absolute atomic E-state index is 11.8. The van der Waals surface area contributed by atoms with Gasteiger partial charge in [-0.05, 0) is 36.4 Å². The highest BCUT2D eigenvalue weighted by Gasteiger charge is 2.14.